The molecule has 0 atom stereocenters. The first-order valence-electron chi connectivity index (χ1n) is 20.3. The predicted octanol–water partition coefficient (Wildman–Crippen LogP) is 13.1. The van der Waals surface area contributed by atoms with Crippen LogP contribution in [-0.2, 0) is 31.1 Å². The van der Waals surface area contributed by atoms with Crippen molar-refractivity contribution in [3.63, 3.8) is 0 Å². The summed E-state index contributed by atoms with van der Waals surface area (Å²) in [5.41, 5.74) is 11.7. The van der Waals surface area contributed by atoms with E-state index in [1.807, 2.05) is 92.4 Å². The number of aliphatic carboxylic acids is 1. The van der Waals surface area contributed by atoms with Gasteiger partial charge in [0.2, 0.25) is 0 Å². The van der Waals surface area contributed by atoms with Gasteiger partial charge < -0.3 is 10.2 Å². The lowest BCUT2D eigenvalue weighted by Gasteiger charge is -2.24. The van der Waals surface area contributed by atoms with Crippen molar-refractivity contribution in [1.29, 1.82) is 0 Å². The Bertz CT molecular complexity index is 2020. The minimum atomic E-state index is -0.947. The summed E-state index contributed by atoms with van der Waals surface area (Å²) in [6.07, 6.45) is 14.5. The minimum absolute atomic E-state index is 0.198. The fourth-order valence-electron chi connectivity index (χ4n) is 6.56. The van der Waals surface area contributed by atoms with Gasteiger partial charge in [0.15, 0.2) is 0 Å². The molecule has 0 radical (unpaired) electrons. The molecule has 1 aliphatic rings. The molecule has 0 saturated heterocycles. The number of carboxylic acid groups (broad SMARTS) is 1. The molecule has 2 aromatic carbocycles. The number of carboxylic acids is 1. The van der Waals surface area contributed by atoms with Crippen LogP contribution >= 0.6 is 0 Å². The fourth-order valence-corrected chi connectivity index (χ4v) is 6.56. The lowest BCUT2D eigenvalue weighted by molar-refractivity contribution is -0.136. The standard InChI is InChI=1S/C38H40FN3O2.C4H10O.C3H8.2C2H6/c1-8-26(17-27(9-2)28-14-15-36-29(18-28)21-40-42(36)7)22(3)16-33-24(5)41-25(6)34(20-37(43)44)38(33)32-19-35(39)31-13-11-10-12-30(31)23(32)4;1-4(2,3)5;1-3-2;2*1-2/h8-9,14-19,21H,1,10-13,20H2,2-7H3,(H,43,44);5H,1-3H3;3H2,1-2H3;2*1-2H3/b22-16+,26-17+,27-9+;;;;. The number of rotatable bonds is 8. The number of halogens is 1. The molecule has 0 spiro atoms. The first-order chi connectivity index (χ1) is 26.4. The van der Waals surface area contributed by atoms with E-state index in [1.54, 1.807) is 26.8 Å². The van der Waals surface area contributed by atoms with Crippen molar-refractivity contribution in [2.45, 2.75) is 141 Å². The molecule has 0 saturated carbocycles. The van der Waals surface area contributed by atoms with Crippen LogP contribution in [0.4, 0.5) is 4.39 Å². The van der Waals surface area contributed by atoms with Gasteiger partial charge in [-0.3, -0.25) is 14.5 Å². The number of carbonyl (C=O) groups is 1. The number of nitrogens with zero attached hydrogens (tertiary/aromatic N) is 3. The number of fused-ring (bicyclic) bond motifs is 2. The number of benzene rings is 2. The van der Waals surface area contributed by atoms with Crippen LogP contribution in [0.15, 0.2) is 66.4 Å². The third-order valence-electron chi connectivity index (χ3n) is 8.95. The molecule has 4 aromatic rings. The molecule has 306 valence electrons. The highest BCUT2D eigenvalue weighted by Crippen LogP contribution is 2.40. The first-order valence-corrected chi connectivity index (χ1v) is 20.3. The van der Waals surface area contributed by atoms with Gasteiger partial charge in [-0.2, -0.15) is 5.10 Å². The first kappa shape index (κ1) is 49.4. The molecule has 2 N–H and O–H groups in total. The summed E-state index contributed by atoms with van der Waals surface area (Å²) in [7, 11) is 1.93. The number of pyridine rings is 1. The van der Waals surface area contributed by atoms with Crippen LogP contribution in [0.2, 0.25) is 0 Å². The summed E-state index contributed by atoms with van der Waals surface area (Å²) in [4.78, 5) is 16.9. The average molecular weight is 768 g/mol. The van der Waals surface area contributed by atoms with Gasteiger partial charge in [0.05, 0.1) is 23.7 Å². The number of hydrogen-bond donors (Lipinski definition) is 2. The van der Waals surface area contributed by atoms with E-state index in [4.69, 9.17) is 10.1 Å². The zero-order valence-electron chi connectivity index (χ0n) is 37.2. The highest BCUT2D eigenvalue weighted by molar-refractivity contribution is 5.88. The molecule has 2 heterocycles. The number of hydrogen-bond acceptors (Lipinski definition) is 4. The van der Waals surface area contributed by atoms with Crippen molar-refractivity contribution in [2.75, 3.05) is 0 Å². The van der Waals surface area contributed by atoms with Gasteiger partial charge in [-0.05, 0) is 167 Å². The fraction of sp³-hybridized carbons (Fsp3) is 0.449. The van der Waals surface area contributed by atoms with Crippen LogP contribution in [0.25, 0.3) is 33.7 Å². The van der Waals surface area contributed by atoms with Crippen molar-refractivity contribution < 1.29 is 19.4 Å². The van der Waals surface area contributed by atoms with Crippen LogP contribution in [-0.4, -0.2) is 36.5 Å². The second kappa shape index (κ2) is 23.4. The molecule has 5 rings (SSSR count). The molecule has 56 heavy (non-hydrogen) atoms. The molecule has 0 unspecified atom stereocenters. The zero-order valence-corrected chi connectivity index (χ0v) is 37.2. The van der Waals surface area contributed by atoms with Gasteiger partial charge in [0, 0.05) is 29.4 Å². The van der Waals surface area contributed by atoms with E-state index in [-0.39, 0.29) is 12.2 Å². The molecule has 1 aliphatic carbocycles. The van der Waals surface area contributed by atoms with Crippen LogP contribution in [0.3, 0.4) is 0 Å². The number of allylic oxidation sites excluding steroid dienone is 6. The van der Waals surface area contributed by atoms with Crippen molar-refractivity contribution in [2.24, 2.45) is 7.05 Å². The van der Waals surface area contributed by atoms with Crippen LogP contribution < -0.4 is 0 Å². The number of aryl methyl sites for hydroxylation is 3. The summed E-state index contributed by atoms with van der Waals surface area (Å²) in [6, 6.07) is 7.91. The monoisotopic (exact) mass is 768 g/mol. The van der Waals surface area contributed by atoms with Gasteiger partial charge >= 0.3 is 5.97 Å². The summed E-state index contributed by atoms with van der Waals surface area (Å²) >= 11 is 0. The summed E-state index contributed by atoms with van der Waals surface area (Å²) < 4.78 is 17.5. The summed E-state index contributed by atoms with van der Waals surface area (Å²) in [5.74, 6) is -1.16. The quantitative estimate of drug-likeness (QED) is 0.174. The Morgan fingerprint density at radius 1 is 1.00 bits per heavy atom. The largest absolute Gasteiger partial charge is 0.481 e. The molecule has 0 bridgehead atoms. The normalized spacial score (nSPS) is 12.8. The predicted molar refractivity (Wildman–Crippen MR) is 239 cm³/mol. The maximum absolute atomic E-state index is 15.6. The number of aromatic nitrogens is 3. The summed E-state index contributed by atoms with van der Waals surface area (Å²) in [6.45, 7) is 31.4. The van der Waals surface area contributed by atoms with Gasteiger partial charge in [0.1, 0.15) is 5.82 Å². The smallest absolute Gasteiger partial charge is 0.307 e. The third-order valence-corrected chi connectivity index (χ3v) is 8.95. The average Bonchev–Trinajstić information content (AvgIpc) is 3.53. The van der Waals surface area contributed by atoms with Gasteiger partial charge in [0.25, 0.3) is 0 Å². The molecule has 0 amide bonds. The van der Waals surface area contributed by atoms with E-state index in [0.717, 1.165) is 97.9 Å². The Labute approximate surface area is 338 Å². The van der Waals surface area contributed by atoms with Crippen LogP contribution in [0.5, 0.6) is 0 Å². The lowest BCUT2D eigenvalue weighted by Crippen LogP contribution is -2.12. The Morgan fingerprint density at radius 2 is 1.57 bits per heavy atom. The maximum atomic E-state index is 15.6. The highest BCUT2D eigenvalue weighted by atomic mass is 19.1. The SMILES string of the molecule is C=CC(=C\C(=C/C)c1ccc2c(cnn2C)c1)/C(C)=C/c1c(C)nc(C)c(CC(=O)O)c1-c1cc(F)c2c(c1C)CCCC2.CC.CC.CC(C)(C)O.CCC. The molecular weight excluding hydrogens is 698 g/mol. The summed E-state index contributed by atoms with van der Waals surface area (Å²) in [5, 5.41) is 23.9. The highest BCUT2D eigenvalue weighted by Gasteiger charge is 2.25. The van der Waals surface area contributed by atoms with E-state index in [9.17, 15) is 9.90 Å². The van der Waals surface area contributed by atoms with Crippen molar-refractivity contribution in [3.05, 3.63) is 117 Å². The molecule has 7 heteroatoms. The van der Waals surface area contributed by atoms with Crippen molar-refractivity contribution in [1.82, 2.24) is 14.8 Å². The Kier molecular flexibility index (Phi) is 20.7. The van der Waals surface area contributed by atoms with Crippen molar-refractivity contribution >= 4 is 28.5 Å². The van der Waals surface area contributed by atoms with E-state index in [1.165, 1.54) is 6.42 Å². The molecule has 2 aromatic heterocycles. The van der Waals surface area contributed by atoms with E-state index in [2.05, 4.69) is 55.9 Å². The second-order valence-corrected chi connectivity index (χ2v) is 14.6. The molecule has 0 fully saturated rings. The Balaban J connectivity index is 0.00000116. The van der Waals surface area contributed by atoms with E-state index < -0.39 is 11.6 Å². The topological polar surface area (TPSA) is 88.2 Å². The van der Waals surface area contributed by atoms with Gasteiger partial charge in [-0.15, -0.1) is 0 Å². The third kappa shape index (κ3) is 13.5. The minimum Gasteiger partial charge on any atom is -0.481 e. The van der Waals surface area contributed by atoms with E-state index >= 15 is 4.39 Å². The lowest BCUT2D eigenvalue weighted by atomic mass is 9.81. The number of aliphatic hydroxyl groups is 1. The molecule has 0 aliphatic heterocycles. The zero-order chi connectivity index (χ0) is 42.9. The van der Waals surface area contributed by atoms with E-state index in [0.29, 0.717) is 11.3 Å². The van der Waals surface area contributed by atoms with Crippen molar-refractivity contribution in [3.8, 4) is 11.1 Å². The van der Waals surface area contributed by atoms with Gasteiger partial charge in [-0.1, -0.05) is 72.8 Å². The van der Waals surface area contributed by atoms with Crippen LogP contribution in [0.1, 0.15) is 140 Å². The second-order valence-electron chi connectivity index (χ2n) is 14.6. The van der Waals surface area contributed by atoms with Crippen LogP contribution in [0, 0.1) is 26.6 Å². The Morgan fingerprint density at radius 3 is 2.11 bits per heavy atom. The Hall–Kier alpha value is -4.62. The molecular formula is C49H70FN3O3. The molecule has 6 nitrogen and oxygen atoms in total. The van der Waals surface area contributed by atoms with Gasteiger partial charge in [-0.25, -0.2) is 4.39 Å². The maximum Gasteiger partial charge on any atom is 0.307 e.